The van der Waals surface area contributed by atoms with Gasteiger partial charge in [-0.05, 0) is 48.7 Å². The van der Waals surface area contributed by atoms with Crippen LogP contribution in [0, 0.1) is 19.7 Å². The van der Waals surface area contributed by atoms with E-state index in [0.717, 1.165) is 26.7 Å². The Labute approximate surface area is 120 Å². The van der Waals surface area contributed by atoms with Crippen LogP contribution in [-0.2, 0) is 0 Å². The predicted molar refractivity (Wildman–Crippen MR) is 79.2 cm³/mol. The van der Waals surface area contributed by atoms with Crippen LogP contribution in [0.3, 0.4) is 0 Å². The molecule has 2 aromatic rings. The van der Waals surface area contributed by atoms with Gasteiger partial charge in [0.05, 0.1) is 6.04 Å². The molecule has 1 atom stereocenters. The predicted octanol–water partition coefficient (Wildman–Crippen LogP) is 3.76. The molecular formula is C15H16BrFN2. The standard InChI is InChI=1S/C15H16BrFN2/c1-9-3-4-14(16)13(7-9)15(19-18)11-5-10(2)6-12(17)8-11/h3-8,15,19H,18H2,1-2H3. The minimum absolute atomic E-state index is 0.247. The third kappa shape index (κ3) is 3.21. The summed E-state index contributed by atoms with van der Waals surface area (Å²) >= 11 is 3.52. The number of hydrogen-bond donors (Lipinski definition) is 2. The molecular weight excluding hydrogens is 307 g/mol. The summed E-state index contributed by atoms with van der Waals surface area (Å²) in [4.78, 5) is 0. The molecule has 0 aliphatic heterocycles. The van der Waals surface area contributed by atoms with Crippen molar-refractivity contribution < 1.29 is 4.39 Å². The number of nitrogens with one attached hydrogen (secondary N) is 1. The average Bonchev–Trinajstić information content (AvgIpc) is 2.33. The van der Waals surface area contributed by atoms with Gasteiger partial charge >= 0.3 is 0 Å². The summed E-state index contributed by atoms with van der Waals surface area (Å²) < 4.78 is 14.5. The van der Waals surface area contributed by atoms with E-state index in [1.807, 2.05) is 38.1 Å². The van der Waals surface area contributed by atoms with Gasteiger partial charge in [-0.2, -0.15) is 0 Å². The Morgan fingerprint density at radius 1 is 1.11 bits per heavy atom. The molecule has 0 aliphatic rings. The van der Waals surface area contributed by atoms with Gasteiger partial charge in [-0.3, -0.25) is 5.84 Å². The molecule has 0 saturated heterocycles. The lowest BCUT2D eigenvalue weighted by molar-refractivity contribution is 0.603. The molecule has 4 heteroatoms. The van der Waals surface area contributed by atoms with Gasteiger partial charge in [0, 0.05) is 4.47 Å². The molecule has 0 heterocycles. The van der Waals surface area contributed by atoms with Crippen LogP contribution < -0.4 is 11.3 Å². The van der Waals surface area contributed by atoms with Crippen LogP contribution in [0.25, 0.3) is 0 Å². The van der Waals surface area contributed by atoms with Crippen molar-refractivity contribution in [3.05, 3.63) is 68.9 Å². The van der Waals surface area contributed by atoms with Crippen molar-refractivity contribution >= 4 is 15.9 Å². The fraction of sp³-hybridized carbons (Fsp3) is 0.200. The van der Waals surface area contributed by atoms with E-state index in [0.29, 0.717) is 0 Å². The molecule has 100 valence electrons. The lowest BCUT2D eigenvalue weighted by Crippen LogP contribution is -2.29. The zero-order chi connectivity index (χ0) is 14.0. The Balaban J connectivity index is 2.52. The van der Waals surface area contributed by atoms with Crippen LogP contribution in [0.4, 0.5) is 4.39 Å². The van der Waals surface area contributed by atoms with Crippen LogP contribution in [0.5, 0.6) is 0 Å². The summed E-state index contributed by atoms with van der Waals surface area (Å²) in [6, 6.07) is 10.7. The average molecular weight is 323 g/mol. The summed E-state index contributed by atoms with van der Waals surface area (Å²) in [6.45, 7) is 3.88. The van der Waals surface area contributed by atoms with Gasteiger partial charge in [-0.15, -0.1) is 0 Å². The molecule has 1 unspecified atom stereocenters. The molecule has 2 aromatic carbocycles. The van der Waals surface area contributed by atoms with E-state index < -0.39 is 0 Å². The first kappa shape index (κ1) is 14.2. The van der Waals surface area contributed by atoms with Crippen LogP contribution in [0.2, 0.25) is 0 Å². The third-order valence-corrected chi connectivity index (χ3v) is 3.75. The van der Waals surface area contributed by atoms with Crippen LogP contribution >= 0.6 is 15.9 Å². The van der Waals surface area contributed by atoms with Crippen molar-refractivity contribution in [3.63, 3.8) is 0 Å². The van der Waals surface area contributed by atoms with Crippen molar-refractivity contribution in [2.75, 3.05) is 0 Å². The highest BCUT2D eigenvalue weighted by Gasteiger charge is 2.16. The first-order valence-electron chi connectivity index (χ1n) is 6.00. The topological polar surface area (TPSA) is 38.0 Å². The third-order valence-electron chi connectivity index (χ3n) is 3.03. The van der Waals surface area contributed by atoms with Gasteiger partial charge in [0.15, 0.2) is 0 Å². The maximum Gasteiger partial charge on any atom is 0.123 e. The summed E-state index contributed by atoms with van der Waals surface area (Å²) in [7, 11) is 0. The van der Waals surface area contributed by atoms with Gasteiger partial charge < -0.3 is 0 Å². The van der Waals surface area contributed by atoms with Crippen molar-refractivity contribution in [2.45, 2.75) is 19.9 Å². The molecule has 0 amide bonds. The molecule has 0 radical (unpaired) electrons. The highest BCUT2D eigenvalue weighted by Crippen LogP contribution is 2.29. The molecule has 0 spiro atoms. The second-order valence-electron chi connectivity index (χ2n) is 4.69. The van der Waals surface area contributed by atoms with E-state index in [-0.39, 0.29) is 11.9 Å². The van der Waals surface area contributed by atoms with Gasteiger partial charge in [-0.1, -0.05) is 39.7 Å². The highest BCUT2D eigenvalue weighted by molar-refractivity contribution is 9.10. The quantitative estimate of drug-likeness (QED) is 0.667. The zero-order valence-electron chi connectivity index (χ0n) is 10.9. The summed E-state index contributed by atoms with van der Waals surface area (Å²) in [6.07, 6.45) is 0. The molecule has 2 nitrogen and oxygen atoms in total. The number of nitrogens with two attached hydrogens (primary N) is 1. The van der Waals surface area contributed by atoms with E-state index in [1.165, 1.54) is 12.1 Å². The maximum absolute atomic E-state index is 13.5. The fourth-order valence-electron chi connectivity index (χ4n) is 2.18. The summed E-state index contributed by atoms with van der Waals surface area (Å²) in [5, 5.41) is 0. The summed E-state index contributed by atoms with van der Waals surface area (Å²) in [5.41, 5.74) is 6.57. The second kappa shape index (κ2) is 5.82. The number of halogens is 2. The minimum atomic E-state index is -0.251. The van der Waals surface area contributed by atoms with Crippen molar-refractivity contribution in [1.82, 2.24) is 5.43 Å². The van der Waals surface area contributed by atoms with Gasteiger partial charge in [0.2, 0.25) is 0 Å². The van der Waals surface area contributed by atoms with E-state index in [1.54, 1.807) is 0 Å². The highest BCUT2D eigenvalue weighted by atomic mass is 79.9. The molecule has 0 fully saturated rings. The first-order valence-corrected chi connectivity index (χ1v) is 6.80. The Morgan fingerprint density at radius 3 is 2.47 bits per heavy atom. The van der Waals surface area contributed by atoms with Crippen LogP contribution in [-0.4, -0.2) is 0 Å². The molecule has 0 bridgehead atoms. The molecule has 0 saturated carbocycles. The monoisotopic (exact) mass is 322 g/mol. The maximum atomic E-state index is 13.5. The van der Waals surface area contributed by atoms with Crippen molar-refractivity contribution in [2.24, 2.45) is 5.84 Å². The van der Waals surface area contributed by atoms with Gasteiger partial charge in [0.25, 0.3) is 0 Å². The SMILES string of the molecule is Cc1cc(F)cc(C(NN)c2cc(C)ccc2Br)c1. The first-order chi connectivity index (χ1) is 9.01. The number of aryl methyl sites for hydroxylation is 2. The van der Waals surface area contributed by atoms with Crippen molar-refractivity contribution in [3.8, 4) is 0 Å². The molecule has 3 N–H and O–H groups in total. The van der Waals surface area contributed by atoms with Crippen molar-refractivity contribution in [1.29, 1.82) is 0 Å². The largest absolute Gasteiger partial charge is 0.271 e. The normalized spacial score (nSPS) is 12.5. The van der Waals surface area contributed by atoms with Gasteiger partial charge in [-0.25, -0.2) is 9.82 Å². The number of rotatable bonds is 3. The van der Waals surface area contributed by atoms with Gasteiger partial charge in [0.1, 0.15) is 5.82 Å². The molecule has 2 rings (SSSR count). The smallest absolute Gasteiger partial charge is 0.123 e. The van der Waals surface area contributed by atoms with Crippen LogP contribution in [0.1, 0.15) is 28.3 Å². The Bertz CT molecular complexity index is 578. The summed E-state index contributed by atoms with van der Waals surface area (Å²) in [5.74, 6) is 5.41. The minimum Gasteiger partial charge on any atom is -0.271 e. The molecule has 0 aromatic heterocycles. The van der Waals surface area contributed by atoms with E-state index in [2.05, 4.69) is 21.4 Å². The van der Waals surface area contributed by atoms with Crippen LogP contribution in [0.15, 0.2) is 40.9 Å². The molecule has 19 heavy (non-hydrogen) atoms. The second-order valence-corrected chi connectivity index (χ2v) is 5.54. The Hall–Kier alpha value is -1.23. The number of benzene rings is 2. The van der Waals surface area contributed by atoms with E-state index >= 15 is 0 Å². The lowest BCUT2D eigenvalue weighted by atomic mass is 9.96. The van der Waals surface area contributed by atoms with E-state index in [9.17, 15) is 4.39 Å². The lowest BCUT2D eigenvalue weighted by Gasteiger charge is -2.19. The van der Waals surface area contributed by atoms with E-state index in [4.69, 9.17) is 5.84 Å². The Morgan fingerprint density at radius 2 is 1.84 bits per heavy atom. The zero-order valence-corrected chi connectivity index (χ0v) is 12.5. The fourth-order valence-corrected chi connectivity index (χ4v) is 2.66. The number of hydrogen-bond acceptors (Lipinski definition) is 2. The molecule has 0 aliphatic carbocycles. The Kier molecular flexibility index (Phi) is 4.34. The number of hydrazine groups is 1.